The molecule has 1 aromatic heterocycles. The van der Waals surface area contributed by atoms with Crippen molar-refractivity contribution in [1.82, 2.24) is 15.1 Å². The van der Waals surface area contributed by atoms with Crippen LogP contribution in [0.4, 0.5) is 4.39 Å². The Bertz CT molecular complexity index is 1070. The van der Waals surface area contributed by atoms with Crippen LogP contribution in [0.1, 0.15) is 72.3 Å². The standard InChI is InChI=1S/C24H24FN3O/c1-24(2,17-6-4-3-5-7-17)26-23(29)21-20-15-8-9-16(14-15)22(20)28(27-21)19-12-10-18(25)11-13-19/h3-7,10-13,15-16H,8-9,14H2,1-2H3,(H,26,29). The van der Waals surface area contributed by atoms with Gasteiger partial charge in [0.25, 0.3) is 5.91 Å². The van der Waals surface area contributed by atoms with Gasteiger partial charge in [0.05, 0.1) is 16.9 Å². The summed E-state index contributed by atoms with van der Waals surface area (Å²) in [5.74, 6) is 0.395. The van der Waals surface area contributed by atoms with Crippen molar-refractivity contribution in [1.29, 1.82) is 0 Å². The van der Waals surface area contributed by atoms with Crippen LogP contribution >= 0.6 is 0 Å². The van der Waals surface area contributed by atoms with Crippen LogP contribution in [-0.4, -0.2) is 15.7 Å². The van der Waals surface area contributed by atoms with E-state index in [-0.39, 0.29) is 11.7 Å². The molecule has 2 aliphatic carbocycles. The summed E-state index contributed by atoms with van der Waals surface area (Å²) in [5.41, 5.74) is 4.08. The summed E-state index contributed by atoms with van der Waals surface area (Å²) in [4.78, 5) is 13.3. The molecule has 0 spiro atoms. The summed E-state index contributed by atoms with van der Waals surface area (Å²) in [5, 5.41) is 7.91. The van der Waals surface area contributed by atoms with E-state index < -0.39 is 5.54 Å². The number of aromatic nitrogens is 2. The molecule has 5 heteroatoms. The topological polar surface area (TPSA) is 46.9 Å². The quantitative estimate of drug-likeness (QED) is 0.679. The van der Waals surface area contributed by atoms with E-state index in [0.29, 0.717) is 17.5 Å². The van der Waals surface area contributed by atoms with Crippen LogP contribution in [0.5, 0.6) is 0 Å². The number of fused-ring (bicyclic) bond motifs is 5. The van der Waals surface area contributed by atoms with E-state index in [2.05, 4.69) is 5.32 Å². The second kappa shape index (κ2) is 6.55. The summed E-state index contributed by atoms with van der Waals surface area (Å²) in [7, 11) is 0. The van der Waals surface area contributed by atoms with E-state index >= 15 is 0 Å². The highest BCUT2D eigenvalue weighted by atomic mass is 19.1. The van der Waals surface area contributed by atoms with Crippen LogP contribution < -0.4 is 5.32 Å². The van der Waals surface area contributed by atoms with Gasteiger partial charge in [0.15, 0.2) is 5.69 Å². The summed E-state index contributed by atoms with van der Waals surface area (Å²) >= 11 is 0. The van der Waals surface area contributed by atoms with Crippen molar-refractivity contribution < 1.29 is 9.18 Å². The predicted molar refractivity (Wildman–Crippen MR) is 110 cm³/mol. The third kappa shape index (κ3) is 2.96. The number of nitrogens with zero attached hydrogens (tertiary/aromatic N) is 2. The minimum Gasteiger partial charge on any atom is -0.342 e. The lowest BCUT2D eigenvalue weighted by molar-refractivity contribution is 0.0905. The summed E-state index contributed by atoms with van der Waals surface area (Å²) < 4.78 is 15.3. The fourth-order valence-electron chi connectivity index (χ4n) is 4.95. The lowest BCUT2D eigenvalue weighted by Crippen LogP contribution is -2.41. The smallest absolute Gasteiger partial charge is 0.272 e. The zero-order valence-corrected chi connectivity index (χ0v) is 16.7. The first kappa shape index (κ1) is 18.1. The molecule has 2 bridgehead atoms. The average Bonchev–Trinajstić information content (AvgIpc) is 3.42. The maximum atomic E-state index is 13.4. The number of amides is 1. The maximum absolute atomic E-state index is 13.4. The van der Waals surface area contributed by atoms with Crippen LogP contribution in [0.2, 0.25) is 0 Å². The highest BCUT2D eigenvalue weighted by molar-refractivity contribution is 5.95. The Kier molecular flexibility index (Phi) is 4.09. The van der Waals surface area contributed by atoms with E-state index in [1.165, 1.54) is 12.1 Å². The molecule has 0 radical (unpaired) electrons. The third-order valence-electron chi connectivity index (χ3n) is 6.39. The van der Waals surface area contributed by atoms with Crippen LogP contribution in [0, 0.1) is 5.82 Å². The molecule has 2 aliphatic rings. The minimum absolute atomic E-state index is 0.150. The molecule has 29 heavy (non-hydrogen) atoms. The zero-order chi connectivity index (χ0) is 20.2. The summed E-state index contributed by atoms with van der Waals surface area (Å²) in [6.45, 7) is 4.01. The minimum atomic E-state index is -0.511. The van der Waals surface area contributed by atoms with Crippen LogP contribution in [0.25, 0.3) is 5.69 Å². The molecule has 5 rings (SSSR count). The Balaban J connectivity index is 1.54. The van der Waals surface area contributed by atoms with Crippen LogP contribution in [0.3, 0.4) is 0 Å². The lowest BCUT2D eigenvalue weighted by atomic mass is 9.92. The molecule has 1 fully saturated rings. The summed E-state index contributed by atoms with van der Waals surface area (Å²) in [6, 6.07) is 16.3. The largest absolute Gasteiger partial charge is 0.342 e. The van der Waals surface area contributed by atoms with Gasteiger partial charge in [-0.25, -0.2) is 9.07 Å². The number of rotatable bonds is 4. The van der Waals surface area contributed by atoms with E-state index in [4.69, 9.17) is 5.10 Å². The number of hydrogen-bond acceptors (Lipinski definition) is 2. The highest BCUT2D eigenvalue weighted by Crippen LogP contribution is 2.54. The van der Waals surface area contributed by atoms with Gasteiger partial charge >= 0.3 is 0 Å². The molecule has 0 aliphatic heterocycles. The zero-order valence-electron chi connectivity index (χ0n) is 16.7. The van der Waals surface area contributed by atoms with Gasteiger partial charge in [0, 0.05) is 11.5 Å². The number of halogens is 1. The van der Waals surface area contributed by atoms with Crippen molar-refractivity contribution >= 4 is 5.91 Å². The Morgan fingerprint density at radius 1 is 1.07 bits per heavy atom. The van der Waals surface area contributed by atoms with E-state index in [9.17, 15) is 9.18 Å². The molecule has 1 amide bonds. The molecule has 0 saturated heterocycles. The van der Waals surface area contributed by atoms with Crippen molar-refractivity contribution in [3.8, 4) is 5.69 Å². The number of carbonyl (C=O) groups is 1. The second-order valence-electron chi connectivity index (χ2n) is 8.69. The number of hydrogen-bond donors (Lipinski definition) is 1. The first-order valence-corrected chi connectivity index (χ1v) is 10.2. The van der Waals surface area contributed by atoms with Gasteiger partial charge in [-0.1, -0.05) is 30.3 Å². The molecule has 2 atom stereocenters. The molecule has 1 saturated carbocycles. The molecule has 2 aromatic carbocycles. The van der Waals surface area contributed by atoms with Gasteiger partial charge in [-0.15, -0.1) is 0 Å². The van der Waals surface area contributed by atoms with Crippen molar-refractivity contribution in [2.75, 3.05) is 0 Å². The fourth-order valence-corrected chi connectivity index (χ4v) is 4.95. The van der Waals surface area contributed by atoms with Gasteiger partial charge in [-0.3, -0.25) is 4.79 Å². The van der Waals surface area contributed by atoms with E-state index in [0.717, 1.165) is 41.8 Å². The van der Waals surface area contributed by atoms with Crippen molar-refractivity contribution in [2.24, 2.45) is 0 Å². The molecule has 1 N–H and O–H groups in total. The summed E-state index contributed by atoms with van der Waals surface area (Å²) in [6.07, 6.45) is 3.31. The Hall–Kier alpha value is -2.95. The van der Waals surface area contributed by atoms with Crippen molar-refractivity contribution in [3.63, 3.8) is 0 Å². The van der Waals surface area contributed by atoms with Crippen LogP contribution in [0.15, 0.2) is 54.6 Å². The van der Waals surface area contributed by atoms with Gasteiger partial charge in [0.1, 0.15) is 5.82 Å². The van der Waals surface area contributed by atoms with Crippen molar-refractivity contribution in [3.05, 3.63) is 82.9 Å². The molecule has 4 nitrogen and oxygen atoms in total. The predicted octanol–water partition coefficient (Wildman–Crippen LogP) is 5.04. The number of benzene rings is 2. The van der Waals surface area contributed by atoms with Crippen molar-refractivity contribution in [2.45, 2.75) is 50.5 Å². The molecule has 1 heterocycles. The van der Waals surface area contributed by atoms with Gasteiger partial charge < -0.3 is 5.32 Å². The average molecular weight is 389 g/mol. The Morgan fingerprint density at radius 3 is 2.48 bits per heavy atom. The first-order valence-electron chi connectivity index (χ1n) is 10.2. The van der Waals surface area contributed by atoms with Crippen LogP contribution in [-0.2, 0) is 5.54 Å². The fraction of sp³-hybridized carbons (Fsp3) is 0.333. The molecular formula is C24H24FN3O. The highest BCUT2D eigenvalue weighted by Gasteiger charge is 2.44. The monoisotopic (exact) mass is 389 g/mol. The number of nitrogens with one attached hydrogen (secondary N) is 1. The molecule has 3 aromatic rings. The number of carbonyl (C=O) groups excluding carboxylic acids is 1. The first-order chi connectivity index (χ1) is 13.9. The molecular weight excluding hydrogens is 365 g/mol. The van der Waals surface area contributed by atoms with E-state index in [1.54, 1.807) is 12.1 Å². The van der Waals surface area contributed by atoms with Gasteiger partial charge in [-0.05, 0) is 68.9 Å². The normalized spacial score (nSPS) is 20.0. The molecule has 148 valence electrons. The third-order valence-corrected chi connectivity index (χ3v) is 6.39. The van der Waals surface area contributed by atoms with Gasteiger partial charge in [-0.2, -0.15) is 5.10 Å². The Morgan fingerprint density at radius 2 is 1.76 bits per heavy atom. The SMILES string of the molecule is CC(C)(NC(=O)c1nn(-c2ccc(F)cc2)c2c1C1CCC2C1)c1ccccc1. The van der Waals surface area contributed by atoms with Gasteiger partial charge in [0.2, 0.25) is 0 Å². The Labute approximate surface area is 169 Å². The maximum Gasteiger partial charge on any atom is 0.272 e. The molecule has 2 unspecified atom stereocenters. The second-order valence-corrected chi connectivity index (χ2v) is 8.69. The van der Waals surface area contributed by atoms with E-state index in [1.807, 2.05) is 48.9 Å². The lowest BCUT2D eigenvalue weighted by Gasteiger charge is -2.27.